The molecule has 0 N–H and O–H groups in total. The molecule has 0 bridgehead atoms. The van der Waals surface area contributed by atoms with Crippen molar-refractivity contribution in [3.8, 4) is 0 Å². The van der Waals surface area contributed by atoms with E-state index in [2.05, 4.69) is 0 Å². The predicted molar refractivity (Wildman–Crippen MR) is 200 cm³/mol. The number of rotatable bonds is 45. The normalized spacial score (nSPS) is 12.2. The first-order chi connectivity index (χ1) is 26.8. The number of carbonyl (C=O) groups excluding carboxylic acids is 1. The lowest BCUT2D eigenvalue weighted by molar-refractivity contribution is -0.185. The first-order valence-corrected chi connectivity index (χ1v) is 19.0. The van der Waals surface area contributed by atoms with Crippen LogP contribution in [0.25, 0.3) is 0 Å². The summed E-state index contributed by atoms with van der Waals surface area (Å²) in [6, 6.07) is 0. The fraction of sp³-hybridized carbons (Fsp3) is 0.973. The Hall–Kier alpha value is -1.17. The van der Waals surface area contributed by atoms with Gasteiger partial charge in [0.2, 0.25) is 0 Å². The molecule has 330 valence electrons. The molecular weight excluding hydrogens is 732 g/mol. The third-order valence-corrected chi connectivity index (χ3v) is 6.64. The van der Waals surface area contributed by atoms with Crippen LogP contribution in [-0.2, 0) is 85.3 Å². The first-order valence-electron chi connectivity index (χ1n) is 19.0. The minimum absolute atomic E-state index is 0.0132. The Bertz CT molecular complexity index is 758. The van der Waals surface area contributed by atoms with Gasteiger partial charge < -0.3 is 80.5 Å². The summed E-state index contributed by atoms with van der Waals surface area (Å²) in [5.74, 6) is -0.495. The number of carbonyl (C=O) groups is 1. The van der Waals surface area contributed by atoms with E-state index in [4.69, 9.17) is 80.5 Å². The molecule has 55 heavy (non-hydrogen) atoms. The molecule has 0 aliphatic rings. The van der Waals surface area contributed by atoms with E-state index in [1.807, 2.05) is 0 Å². The molecule has 0 atom stereocenters. The first kappa shape index (κ1) is 53.8. The monoisotopic (exact) mass is 806 g/mol. The van der Waals surface area contributed by atoms with Gasteiger partial charge in [-0.1, -0.05) is 0 Å². The van der Waals surface area contributed by atoms with Crippen molar-refractivity contribution in [2.75, 3.05) is 206 Å². The summed E-state index contributed by atoms with van der Waals surface area (Å²) in [6.07, 6.45) is 0. The Balaban J connectivity index is 4.95. The van der Waals surface area contributed by atoms with Crippen molar-refractivity contribution >= 4 is 5.97 Å². The van der Waals surface area contributed by atoms with Crippen LogP contribution in [0.4, 0.5) is 0 Å². The van der Waals surface area contributed by atoms with Crippen LogP contribution in [0.1, 0.15) is 20.8 Å². The molecule has 18 heteroatoms. The standard InChI is InChI=1S/C37H74O18/c1-36(2,3)55-35(38)31-53-34-37(54-30-29-50-24-23-47-18-15-44-12-9-41-6,32-51-27-25-48-21-19-45-16-13-42-10-7-39-4)33-52-28-26-49-22-20-46-17-14-43-11-8-40-5/h7-34H2,1-6H3. The molecule has 0 aliphatic heterocycles. The molecule has 0 rings (SSSR count). The van der Waals surface area contributed by atoms with Crippen LogP contribution in [0, 0.1) is 0 Å². The van der Waals surface area contributed by atoms with E-state index >= 15 is 0 Å². The zero-order valence-electron chi connectivity index (χ0n) is 34.6. The van der Waals surface area contributed by atoms with Crippen LogP contribution in [0.15, 0.2) is 0 Å². The lowest BCUT2D eigenvalue weighted by Crippen LogP contribution is -2.48. The summed E-state index contributed by atoms with van der Waals surface area (Å²) in [4.78, 5) is 12.4. The zero-order chi connectivity index (χ0) is 40.4. The molecule has 0 heterocycles. The van der Waals surface area contributed by atoms with E-state index in [-0.39, 0.29) is 52.9 Å². The van der Waals surface area contributed by atoms with Gasteiger partial charge in [-0.05, 0) is 20.8 Å². The second kappa shape index (κ2) is 41.0. The van der Waals surface area contributed by atoms with Gasteiger partial charge in [0.15, 0.2) is 0 Å². The Morgan fingerprint density at radius 3 is 0.891 bits per heavy atom. The Morgan fingerprint density at radius 2 is 0.600 bits per heavy atom. The molecule has 0 amide bonds. The van der Waals surface area contributed by atoms with Crippen molar-refractivity contribution in [3.05, 3.63) is 0 Å². The van der Waals surface area contributed by atoms with E-state index in [0.29, 0.717) is 132 Å². The van der Waals surface area contributed by atoms with Gasteiger partial charge in [-0.15, -0.1) is 0 Å². The topological polar surface area (TPSA) is 174 Å². The van der Waals surface area contributed by atoms with Crippen molar-refractivity contribution in [1.29, 1.82) is 0 Å². The maximum absolute atomic E-state index is 12.4. The van der Waals surface area contributed by atoms with Crippen LogP contribution in [0.5, 0.6) is 0 Å². The van der Waals surface area contributed by atoms with Crippen molar-refractivity contribution in [2.24, 2.45) is 0 Å². The molecule has 0 aromatic carbocycles. The largest absolute Gasteiger partial charge is 0.458 e. The average Bonchev–Trinajstić information content (AvgIpc) is 3.15. The van der Waals surface area contributed by atoms with Gasteiger partial charge in [0.25, 0.3) is 0 Å². The number of hydrogen-bond acceptors (Lipinski definition) is 18. The third-order valence-electron chi connectivity index (χ3n) is 6.64. The van der Waals surface area contributed by atoms with Gasteiger partial charge in [0.1, 0.15) is 17.8 Å². The zero-order valence-corrected chi connectivity index (χ0v) is 34.6. The summed E-state index contributed by atoms with van der Waals surface area (Å²) in [5.41, 5.74) is -1.73. The molecule has 0 aromatic heterocycles. The van der Waals surface area contributed by atoms with Gasteiger partial charge in [-0.3, -0.25) is 0 Å². The van der Waals surface area contributed by atoms with E-state index in [1.165, 1.54) is 0 Å². The van der Waals surface area contributed by atoms with Gasteiger partial charge >= 0.3 is 5.97 Å². The van der Waals surface area contributed by atoms with E-state index < -0.39 is 17.2 Å². The summed E-state index contributed by atoms with van der Waals surface area (Å²) < 4.78 is 94.1. The molecular formula is C37H74O18. The SMILES string of the molecule is COCCOCCOCCOCCOCC(COCCOCCOCCOCCOC)(COCC(=O)OC(C)(C)C)OCCOCCOCCOCCOC. The number of hydrogen-bond donors (Lipinski definition) is 0. The fourth-order valence-corrected chi connectivity index (χ4v) is 4.06. The highest BCUT2D eigenvalue weighted by atomic mass is 16.6. The van der Waals surface area contributed by atoms with Gasteiger partial charge in [-0.2, -0.15) is 0 Å². The highest BCUT2D eigenvalue weighted by Crippen LogP contribution is 2.16. The fourth-order valence-electron chi connectivity index (χ4n) is 4.06. The van der Waals surface area contributed by atoms with Gasteiger partial charge in [0, 0.05) is 21.3 Å². The maximum Gasteiger partial charge on any atom is 0.332 e. The van der Waals surface area contributed by atoms with E-state index in [9.17, 15) is 4.79 Å². The molecule has 0 fully saturated rings. The van der Waals surface area contributed by atoms with Crippen LogP contribution in [-0.4, -0.2) is 223 Å². The second-order valence-electron chi connectivity index (χ2n) is 12.7. The summed E-state index contributed by atoms with van der Waals surface area (Å²) in [5, 5.41) is 0. The number of methoxy groups -OCH3 is 3. The minimum Gasteiger partial charge on any atom is -0.458 e. The molecule has 0 aliphatic carbocycles. The molecule has 0 saturated heterocycles. The molecule has 18 nitrogen and oxygen atoms in total. The number of ether oxygens (including phenoxy) is 17. The van der Waals surface area contributed by atoms with E-state index in [0.717, 1.165) is 0 Å². The quantitative estimate of drug-likeness (QED) is 0.0634. The summed E-state index contributed by atoms with van der Waals surface area (Å²) in [7, 11) is 4.88. The van der Waals surface area contributed by atoms with Crippen molar-refractivity contribution in [2.45, 2.75) is 32.0 Å². The Morgan fingerprint density at radius 1 is 0.345 bits per heavy atom. The molecule has 0 radical (unpaired) electrons. The van der Waals surface area contributed by atoms with Crippen molar-refractivity contribution in [3.63, 3.8) is 0 Å². The highest BCUT2D eigenvalue weighted by molar-refractivity contribution is 5.71. The van der Waals surface area contributed by atoms with Crippen molar-refractivity contribution < 1.29 is 85.3 Å². The van der Waals surface area contributed by atoms with Crippen LogP contribution in [0.2, 0.25) is 0 Å². The Kier molecular flexibility index (Phi) is 40.1. The minimum atomic E-state index is -1.08. The molecule has 0 unspecified atom stereocenters. The van der Waals surface area contributed by atoms with Crippen LogP contribution < -0.4 is 0 Å². The highest BCUT2D eigenvalue weighted by Gasteiger charge is 2.34. The molecule has 0 aromatic rings. The second-order valence-corrected chi connectivity index (χ2v) is 12.7. The smallest absolute Gasteiger partial charge is 0.332 e. The molecule has 0 saturated carbocycles. The average molecular weight is 807 g/mol. The third kappa shape index (κ3) is 40.8. The lowest BCUT2D eigenvalue weighted by Gasteiger charge is -2.33. The van der Waals surface area contributed by atoms with Crippen LogP contribution in [0.3, 0.4) is 0 Å². The number of esters is 1. The van der Waals surface area contributed by atoms with Crippen molar-refractivity contribution in [1.82, 2.24) is 0 Å². The molecule has 0 spiro atoms. The summed E-state index contributed by atoms with van der Waals surface area (Å²) >= 11 is 0. The summed E-state index contributed by atoms with van der Waals surface area (Å²) in [6.45, 7) is 15.5. The van der Waals surface area contributed by atoms with Crippen LogP contribution >= 0.6 is 0 Å². The lowest BCUT2D eigenvalue weighted by atomic mass is 10.1. The maximum atomic E-state index is 12.4. The van der Waals surface area contributed by atoms with E-state index in [1.54, 1.807) is 42.1 Å². The Labute approximate surface area is 329 Å². The van der Waals surface area contributed by atoms with Gasteiger partial charge in [-0.25, -0.2) is 4.79 Å². The predicted octanol–water partition coefficient (Wildman–Crippen LogP) is 1.22. The van der Waals surface area contributed by atoms with Gasteiger partial charge in [0.05, 0.1) is 178 Å².